The van der Waals surface area contributed by atoms with Crippen LogP contribution in [-0.2, 0) is 61.9 Å². The third-order valence-corrected chi connectivity index (χ3v) is 15.8. The van der Waals surface area contributed by atoms with E-state index in [-0.39, 0.29) is 42.6 Å². The van der Waals surface area contributed by atoms with E-state index in [1.165, 1.54) is 19.1 Å². The summed E-state index contributed by atoms with van der Waals surface area (Å²) in [5.74, 6) is -5.31. The third kappa shape index (κ3) is 9.80. The lowest BCUT2D eigenvalue weighted by Crippen LogP contribution is -2.82. The predicted molar refractivity (Wildman–Crippen MR) is 258 cm³/mol. The molecule has 1 spiro atoms. The number of ether oxygens (including phenoxy) is 8. The van der Waals surface area contributed by atoms with E-state index in [0.29, 0.717) is 31.6 Å². The monoisotopic (exact) mass is 1000 g/mol. The molecular weight excluding hydrogens is 931 g/mol. The van der Waals surface area contributed by atoms with Gasteiger partial charge in [0.1, 0.15) is 35.6 Å². The Labute approximate surface area is 421 Å². The first-order valence-corrected chi connectivity index (χ1v) is 25.1. The molecule has 17 nitrogen and oxygen atoms in total. The number of carbonyl (C=O) groups excluding carboxylic acids is 7. The van der Waals surface area contributed by atoms with Crippen LogP contribution in [0.3, 0.4) is 0 Å². The molecule has 11 atom stereocenters. The van der Waals surface area contributed by atoms with Crippen LogP contribution in [0, 0.1) is 22.2 Å². The molecule has 1 saturated heterocycles. The highest BCUT2D eigenvalue weighted by molar-refractivity contribution is 5.98. The molecule has 1 heterocycles. The molecule has 4 aliphatic carbocycles. The van der Waals surface area contributed by atoms with Gasteiger partial charge in [0, 0.05) is 50.7 Å². The smallest absolute Gasteiger partial charge is 0.408 e. The highest BCUT2D eigenvalue weighted by Crippen LogP contribution is 2.80. The summed E-state index contributed by atoms with van der Waals surface area (Å²) in [4.78, 5) is 99.8. The Hall–Kier alpha value is -5.65. The summed E-state index contributed by atoms with van der Waals surface area (Å²) in [6.07, 6.45) is -5.83. The number of rotatable bonds is 18. The molecule has 2 aromatic rings. The Morgan fingerprint density at radius 1 is 0.861 bits per heavy atom. The first kappa shape index (κ1) is 54.1. The number of esters is 5. The zero-order valence-electron chi connectivity index (χ0n) is 43.2. The van der Waals surface area contributed by atoms with E-state index >= 15 is 9.59 Å². The average molecular weight is 1000 g/mol. The maximum Gasteiger partial charge on any atom is 0.408 e. The predicted octanol–water partition coefficient (Wildman–Crippen LogP) is 7.40. The number of benzene rings is 2. The minimum atomic E-state index is -2.34. The van der Waals surface area contributed by atoms with Crippen molar-refractivity contribution in [3.05, 3.63) is 82.9 Å². The van der Waals surface area contributed by atoms with E-state index in [1.807, 2.05) is 0 Å². The van der Waals surface area contributed by atoms with E-state index < -0.39 is 124 Å². The zero-order chi connectivity index (χ0) is 52.6. The second-order valence-electron chi connectivity index (χ2n) is 21.7. The zero-order valence-corrected chi connectivity index (χ0v) is 43.2. The van der Waals surface area contributed by atoms with E-state index in [2.05, 4.69) is 12.2 Å². The number of Topliss-reactive ketones (excluding diaryl/α,β-unsaturated/α-hetero) is 1. The fraction of sp³-hybridized carbons (Fsp3) is 0.618. The molecule has 0 radical (unpaired) electrons. The van der Waals surface area contributed by atoms with Gasteiger partial charge in [-0.25, -0.2) is 14.4 Å². The molecule has 17 heteroatoms. The second-order valence-corrected chi connectivity index (χ2v) is 21.7. The largest absolute Gasteiger partial charge is 0.455 e. The number of fused-ring (bicyclic) bond motifs is 4. The normalized spacial score (nSPS) is 30.7. The molecule has 7 rings (SSSR count). The Kier molecular flexibility index (Phi) is 15.6. The van der Waals surface area contributed by atoms with Gasteiger partial charge in [-0.3, -0.25) is 19.2 Å². The molecule has 1 aliphatic heterocycles. The maximum atomic E-state index is 15.9. The highest BCUT2D eigenvalue weighted by Gasteiger charge is 2.89. The fourth-order valence-corrected chi connectivity index (χ4v) is 12.1. The molecule has 2 aromatic carbocycles. The molecule has 2 bridgehead atoms. The molecule has 5 unspecified atom stereocenters. The Morgan fingerprint density at radius 2 is 1.51 bits per heavy atom. The quantitative estimate of drug-likeness (QED) is 0.0642. The van der Waals surface area contributed by atoms with E-state index in [0.717, 1.165) is 19.8 Å². The lowest BCUT2D eigenvalue weighted by Gasteiger charge is -2.69. The summed E-state index contributed by atoms with van der Waals surface area (Å²) in [5, 5.41) is 16.8. The number of aliphatic hydroxyl groups is 1. The molecule has 1 amide bonds. The van der Waals surface area contributed by atoms with Gasteiger partial charge in [-0.05, 0) is 94.6 Å². The number of alkyl carbamates (subject to hydrolysis) is 1. The molecule has 4 fully saturated rings. The van der Waals surface area contributed by atoms with Crippen LogP contribution < -0.4 is 5.32 Å². The van der Waals surface area contributed by atoms with Gasteiger partial charge in [0.15, 0.2) is 17.5 Å². The number of nitrogens with one attached hydrogen (secondary N) is 1. The van der Waals surface area contributed by atoms with Crippen molar-refractivity contribution in [2.45, 2.75) is 174 Å². The number of unbranched alkanes of at least 4 members (excludes halogenated alkanes) is 2. The molecule has 5 aliphatic rings. The van der Waals surface area contributed by atoms with Crippen LogP contribution in [0.25, 0.3) is 0 Å². The maximum absolute atomic E-state index is 15.9. The van der Waals surface area contributed by atoms with Crippen molar-refractivity contribution in [1.29, 1.82) is 0 Å². The van der Waals surface area contributed by atoms with Crippen LogP contribution >= 0.6 is 0 Å². The first-order chi connectivity index (χ1) is 33.9. The van der Waals surface area contributed by atoms with Gasteiger partial charge < -0.3 is 48.3 Å². The van der Waals surface area contributed by atoms with Gasteiger partial charge in [-0.1, -0.05) is 82.6 Å². The van der Waals surface area contributed by atoms with Crippen molar-refractivity contribution in [2.24, 2.45) is 22.2 Å². The summed E-state index contributed by atoms with van der Waals surface area (Å²) in [6.45, 7) is 16.7. The van der Waals surface area contributed by atoms with Gasteiger partial charge in [-0.15, -0.1) is 0 Å². The van der Waals surface area contributed by atoms with Gasteiger partial charge in [0.05, 0.1) is 17.6 Å². The van der Waals surface area contributed by atoms with Crippen LogP contribution in [0.5, 0.6) is 0 Å². The van der Waals surface area contributed by atoms with E-state index in [9.17, 15) is 29.1 Å². The van der Waals surface area contributed by atoms with Crippen molar-refractivity contribution in [3.8, 4) is 0 Å². The van der Waals surface area contributed by atoms with Crippen molar-refractivity contribution >= 4 is 41.7 Å². The summed E-state index contributed by atoms with van der Waals surface area (Å²) >= 11 is 0. The fourth-order valence-electron chi connectivity index (χ4n) is 12.1. The minimum Gasteiger partial charge on any atom is -0.455 e. The minimum absolute atomic E-state index is 0.104. The van der Waals surface area contributed by atoms with E-state index in [1.54, 1.807) is 97.0 Å². The van der Waals surface area contributed by atoms with E-state index in [4.69, 9.17) is 37.9 Å². The number of hydrogen-bond acceptors (Lipinski definition) is 16. The highest BCUT2D eigenvalue weighted by atomic mass is 16.6. The SMILES string of the molecule is CCCCOCCCCC(=O)OC(C(=O)O[C@H]1CC2(O)[C@@H](OC(=O)c3ccccc3)[C@]3(C)[C@]4(OC(C)=O)COC4C[C@@H]4C[C@@]43C(=O)C(OC(C)=O)C(=C1C)C2(C)C)C(NC(=O)OC(C)(C)C)c1ccccc1. The van der Waals surface area contributed by atoms with Gasteiger partial charge >= 0.3 is 35.9 Å². The first-order valence-electron chi connectivity index (χ1n) is 25.1. The molecule has 2 N–H and O–H groups in total. The lowest BCUT2D eigenvalue weighted by molar-refractivity contribution is -0.356. The molecular formula is C55H71NO16. The topological polar surface area (TPSA) is 226 Å². The van der Waals surface area contributed by atoms with Crippen LogP contribution in [-0.4, -0.2) is 114 Å². The Bertz CT molecular complexity index is 2430. The number of hydrogen-bond donors (Lipinski definition) is 2. The molecule has 0 aromatic heterocycles. The molecule has 392 valence electrons. The lowest BCUT2D eigenvalue weighted by atomic mass is 9.42. The Balaban J connectivity index is 1.37. The van der Waals surface area contributed by atoms with Crippen LogP contribution in [0.1, 0.15) is 143 Å². The third-order valence-electron chi connectivity index (χ3n) is 15.8. The van der Waals surface area contributed by atoms with Gasteiger partial charge in [0.25, 0.3) is 0 Å². The van der Waals surface area contributed by atoms with Crippen molar-refractivity contribution in [3.63, 3.8) is 0 Å². The van der Waals surface area contributed by atoms with Gasteiger partial charge in [0.2, 0.25) is 6.10 Å². The van der Waals surface area contributed by atoms with Crippen molar-refractivity contribution < 1.29 is 76.6 Å². The summed E-state index contributed by atoms with van der Waals surface area (Å²) in [6, 6.07) is 15.0. The van der Waals surface area contributed by atoms with Crippen LogP contribution in [0.2, 0.25) is 0 Å². The Morgan fingerprint density at radius 3 is 2.11 bits per heavy atom. The molecule has 72 heavy (non-hydrogen) atoms. The standard InChI is InChI=1S/C55H71NO16/c1-11-12-26-65-27-20-19-25-40(59)69-44(42(35-21-15-13-16-22-35)56-49(63)72-50(5,6)7)47(62)68-38-30-54(64)48(70-46(61)36-23-17-14-18-24-36)52(10)53(29-37(53)28-39-55(52,31-66-39)71-34(4)58)45(60)43(67-33(3)57)41(32(38)2)51(54,8)9/h13-18,21-24,37-39,42-44,48,64H,11-12,19-20,25-31H2,1-10H3,(H,56,63)/t37-,38+,39?,42?,43?,44?,48+,52+,53+,54?,55+/m1/s1. The number of carbonyl (C=O) groups is 7. The van der Waals surface area contributed by atoms with Crippen molar-refractivity contribution in [1.82, 2.24) is 5.32 Å². The van der Waals surface area contributed by atoms with Crippen molar-refractivity contribution in [2.75, 3.05) is 19.8 Å². The van der Waals surface area contributed by atoms with Crippen LogP contribution in [0.4, 0.5) is 4.79 Å². The summed E-state index contributed by atoms with van der Waals surface area (Å²) in [5.41, 5.74) is -9.05. The molecule has 3 saturated carbocycles. The van der Waals surface area contributed by atoms with Gasteiger partial charge in [-0.2, -0.15) is 0 Å². The second kappa shape index (κ2) is 20.7. The number of ketones is 1. The summed E-state index contributed by atoms with van der Waals surface area (Å²) in [7, 11) is 0. The van der Waals surface area contributed by atoms with Crippen LogP contribution in [0.15, 0.2) is 71.8 Å². The average Bonchev–Trinajstić information content (AvgIpc) is 4.06. The number of amides is 1. The summed E-state index contributed by atoms with van der Waals surface area (Å²) < 4.78 is 48.9.